The molecule has 0 saturated carbocycles. The van der Waals surface area contributed by atoms with Gasteiger partial charge in [0.05, 0.1) is 22.7 Å². The van der Waals surface area contributed by atoms with Crippen molar-refractivity contribution >= 4 is 33.9 Å². The lowest BCUT2D eigenvalue weighted by atomic mass is 10.1. The first kappa shape index (κ1) is 23.3. The van der Waals surface area contributed by atoms with Gasteiger partial charge in [0.25, 0.3) is 11.2 Å². The Morgan fingerprint density at radius 3 is 2.36 bits per heavy atom. The normalized spacial score (nSPS) is 14.1. The Morgan fingerprint density at radius 2 is 1.61 bits per heavy atom. The number of piperazine rings is 1. The molecule has 0 spiro atoms. The Kier molecular flexibility index (Phi) is 6.46. The van der Waals surface area contributed by atoms with Gasteiger partial charge >= 0.3 is 0 Å². The summed E-state index contributed by atoms with van der Waals surface area (Å²) in [7, 11) is 0. The minimum absolute atomic E-state index is 0.0668. The Morgan fingerprint density at radius 1 is 0.889 bits per heavy atom. The van der Waals surface area contributed by atoms with Crippen molar-refractivity contribution in [3.8, 4) is 5.69 Å². The van der Waals surface area contributed by atoms with Crippen LogP contribution in [-0.4, -0.2) is 53.0 Å². The number of non-ortho nitro benzene ring substituents is 1. The standard InChI is InChI=1S/C27H25N5O4/c33-26(28-20-7-6-10-22(17-20)32(35)36)19-29-13-15-30(16-14-29)25-18-27(34)31(21-8-2-1-3-9-21)24-12-5-4-11-23(24)25/h1-12,17-18H,13-16,19H2,(H,28,33). The highest BCUT2D eigenvalue weighted by Crippen LogP contribution is 2.27. The Bertz CT molecular complexity index is 1480. The number of nitrogens with zero attached hydrogens (tertiary/aromatic N) is 4. The number of hydrogen-bond acceptors (Lipinski definition) is 6. The van der Waals surface area contributed by atoms with E-state index in [-0.39, 0.29) is 23.7 Å². The van der Waals surface area contributed by atoms with E-state index < -0.39 is 4.92 Å². The number of nitrogens with one attached hydrogen (secondary N) is 1. The molecule has 5 rings (SSSR count). The van der Waals surface area contributed by atoms with Crippen molar-refractivity contribution in [3.05, 3.63) is 105 Å². The quantitative estimate of drug-likeness (QED) is 0.332. The molecule has 36 heavy (non-hydrogen) atoms. The van der Waals surface area contributed by atoms with Crippen LogP contribution in [0.3, 0.4) is 0 Å². The second kappa shape index (κ2) is 10.0. The third kappa shape index (κ3) is 4.82. The van der Waals surface area contributed by atoms with Crippen LogP contribution in [0.4, 0.5) is 17.1 Å². The zero-order valence-corrected chi connectivity index (χ0v) is 19.5. The van der Waals surface area contributed by atoms with Crippen LogP contribution in [0.2, 0.25) is 0 Å². The van der Waals surface area contributed by atoms with Crippen molar-refractivity contribution in [3.63, 3.8) is 0 Å². The third-order valence-electron chi connectivity index (χ3n) is 6.34. The molecule has 1 N–H and O–H groups in total. The first-order valence-electron chi connectivity index (χ1n) is 11.7. The predicted molar refractivity (Wildman–Crippen MR) is 140 cm³/mol. The topological polar surface area (TPSA) is 101 Å². The van der Waals surface area contributed by atoms with Gasteiger partial charge in [-0.3, -0.25) is 29.2 Å². The van der Waals surface area contributed by atoms with Gasteiger partial charge in [-0.1, -0.05) is 42.5 Å². The largest absolute Gasteiger partial charge is 0.368 e. The number of nitro groups is 1. The molecule has 9 nitrogen and oxygen atoms in total. The zero-order chi connectivity index (χ0) is 25.1. The summed E-state index contributed by atoms with van der Waals surface area (Å²) in [6.45, 7) is 2.83. The summed E-state index contributed by atoms with van der Waals surface area (Å²) in [6, 6.07) is 25.1. The Labute approximate surface area is 207 Å². The summed E-state index contributed by atoms with van der Waals surface area (Å²) in [5.41, 5.74) is 2.81. The number of pyridine rings is 1. The number of fused-ring (bicyclic) bond motifs is 1. The van der Waals surface area contributed by atoms with E-state index >= 15 is 0 Å². The van der Waals surface area contributed by atoms with Crippen molar-refractivity contribution in [1.29, 1.82) is 0 Å². The van der Waals surface area contributed by atoms with Crippen molar-refractivity contribution < 1.29 is 9.72 Å². The molecule has 182 valence electrons. The number of hydrogen-bond donors (Lipinski definition) is 1. The molecule has 0 unspecified atom stereocenters. The lowest BCUT2D eigenvalue weighted by Crippen LogP contribution is -2.49. The van der Waals surface area contributed by atoms with Crippen LogP contribution in [-0.2, 0) is 4.79 Å². The Hall–Kier alpha value is -4.50. The van der Waals surface area contributed by atoms with Gasteiger partial charge in [-0.15, -0.1) is 0 Å². The molecule has 0 atom stereocenters. The van der Waals surface area contributed by atoms with Crippen molar-refractivity contribution in [2.75, 3.05) is 42.9 Å². The minimum Gasteiger partial charge on any atom is -0.368 e. The molecule has 1 amide bonds. The number of para-hydroxylation sites is 2. The third-order valence-corrected chi connectivity index (χ3v) is 6.34. The first-order valence-corrected chi connectivity index (χ1v) is 11.7. The fourth-order valence-corrected chi connectivity index (χ4v) is 4.62. The fourth-order valence-electron chi connectivity index (χ4n) is 4.62. The minimum atomic E-state index is -0.489. The number of benzene rings is 3. The number of carbonyl (C=O) groups is 1. The number of aromatic nitrogens is 1. The highest BCUT2D eigenvalue weighted by molar-refractivity contribution is 5.93. The van der Waals surface area contributed by atoms with Crippen molar-refractivity contribution in [2.45, 2.75) is 0 Å². The molecule has 1 aliphatic rings. The lowest BCUT2D eigenvalue weighted by Gasteiger charge is -2.36. The van der Waals surface area contributed by atoms with Crippen LogP contribution in [0, 0.1) is 10.1 Å². The van der Waals surface area contributed by atoms with Crippen LogP contribution in [0.15, 0.2) is 89.7 Å². The van der Waals surface area contributed by atoms with Gasteiger partial charge in [-0.05, 0) is 24.3 Å². The SMILES string of the molecule is O=C(CN1CCN(c2cc(=O)n(-c3ccccc3)c3ccccc23)CC1)Nc1cccc([N+](=O)[O-])c1. The first-order chi connectivity index (χ1) is 17.5. The second-order valence-corrected chi connectivity index (χ2v) is 8.67. The summed E-state index contributed by atoms with van der Waals surface area (Å²) < 4.78 is 1.73. The number of amides is 1. The van der Waals surface area contributed by atoms with E-state index in [1.54, 1.807) is 22.8 Å². The molecule has 1 aliphatic heterocycles. The van der Waals surface area contributed by atoms with Gasteiger partial charge in [0, 0.05) is 61.1 Å². The van der Waals surface area contributed by atoms with Crippen LogP contribution < -0.4 is 15.8 Å². The maximum atomic E-state index is 13.2. The molecule has 0 aliphatic carbocycles. The molecule has 1 saturated heterocycles. The number of rotatable bonds is 6. The van der Waals surface area contributed by atoms with Crippen molar-refractivity contribution in [1.82, 2.24) is 9.47 Å². The van der Waals surface area contributed by atoms with E-state index in [0.717, 1.165) is 22.3 Å². The van der Waals surface area contributed by atoms with Crippen LogP contribution in [0.25, 0.3) is 16.6 Å². The van der Waals surface area contributed by atoms with Crippen LogP contribution in [0.1, 0.15) is 0 Å². The predicted octanol–water partition coefficient (Wildman–Crippen LogP) is 3.66. The average molecular weight is 484 g/mol. The van der Waals surface area contributed by atoms with Crippen molar-refractivity contribution in [2.24, 2.45) is 0 Å². The molecule has 4 aromatic rings. The molecule has 3 aromatic carbocycles. The van der Waals surface area contributed by atoms with Gasteiger partial charge < -0.3 is 10.2 Å². The summed E-state index contributed by atoms with van der Waals surface area (Å²) in [5.74, 6) is -0.222. The summed E-state index contributed by atoms with van der Waals surface area (Å²) in [6.07, 6.45) is 0. The number of nitro benzene ring substituents is 1. The second-order valence-electron chi connectivity index (χ2n) is 8.67. The molecular formula is C27H25N5O4. The zero-order valence-electron chi connectivity index (χ0n) is 19.5. The lowest BCUT2D eigenvalue weighted by molar-refractivity contribution is -0.384. The highest BCUT2D eigenvalue weighted by atomic mass is 16.6. The summed E-state index contributed by atoms with van der Waals surface area (Å²) in [5, 5.41) is 14.7. The van der Waals surface area contributed by atoms with Gasteiger partial charge in [-0.25, -0.2) is 0 Å². The highest BCUT2D eigenvalue weighted by Gasteiger charge is 2.22. The molecular weight excluding hydrogens is 458 g/mol. The monoisotopic (exact) mass is 483 g/mol. The van der Waals surface area contributed by atoms with E-state index in [2.05, 4.69) is 10.2 Å². The van der Waals surface area contributed by atoms with Crippen LogP contribution >= 0.6 is 0 Å². The van der Waals surface area contributed by atoms with E-state index in [1.807, 2.05) is 59.5 Å². The molecule has 9 heteroatoms. The van der Waals surface area contributed by atoms with E-state index in [4.69, 9.17) is 0 Å². The van der Waals surface area contributed by atoms with E-state index in [1.165, 1.54) is 12.1 Å². The van der Waals surface area contributed by atoms with Gasteiger partial charge in [0.1, 0.15) is 0 Å². The smallest absolute Gasteiger partial charge is 0.271 e. The maximum absolute atomic E-state index is 13.2. The summed E-state index contributed by atoms with van der Waals surface area (Å²) in [4.78, 5) is 40.4. The summed E-state index contributed by atoms with van der Waals surface area (Å²) >= 11 is 0. The molecule has 0 radical (unpaired) electrons. The Balaban J connectivity index is 1.29. The van der Waals surface area contributed by atoms with Gasteiger partial charge in [0.15, 0.2) is 0 Å². The van der Waals surface area contributed by atoms with Gasteiger partial charge in [0.2, 0.25) is 5.91 Å². The molecule has 0 bridgehead atoms. The van der Waals surface area contributed by atoms with E-state index in [9.17, 15) is 19.7 Å². The fraction of sp³-hybridized carbons (Fsp3) is 0.185. The number of anilines is 2. The average Bonchev–Trinajstić information content (AvgIpc) is 2.89. The molecule has 1 fully saturated rings. The van der Waals surface area contributed by atoms with Gasteiger partial charge in [-0.2, -0.15) is 0 Å². The maximum Gasteiger partial charge on any atom is 0.271 e. The number of carbonyl (C=O) groups excluding carboxylic acids is 1. The molecule has 2 heterocycles. The van der Waals surface area contributed by atoms with Crippen LogP contribution in [0.5, 0.6) is 0 Å². The molecule has 1 aromatic heterocycles. The van der Waals surface area contributed by atoms with E-state index in [0.29, 0.717) is 31.9 Å².